The van der Waals surface area contributed by atoms with Gasteiger partial charge in [0.25, 0.3) is 0 Å². The number of hydrogen-bond donors (Lipinski definition) is 2. The Morgan fingerprint density at radius 2 is 2.06 bits per heavy atom. The Labute approximate surface area is 109 Å². The molecule has 0 radical (unpaired) electrons. The molecule has 2 rings (SSSR count). The van der Waals surface area contributed by atoms with Crippen molar-refractivity contribution in [1.82, 2.24) is 0 Å². The number of rotatable bonds is 4. The van der Waals surface area contributed by atoms with Crippen molar-refractivity contribution in [3.63, 3.8) is 0 Å². The zero-order chi connectivity index (χ0) is 13.0. The summed E-state index contributed by atoms with van der Waals surface area (Å²) in [6.07, 6.45) is 5.08. The number of benzene rings is 1. The molecule has 1 aromatic carbocycles. The summed E-state index contributed by atoms with van der Waals surface area (Å²) in [5.41, 5.74) is 1.41. The van der Waals surface area contributed by atoms with Gasteiger partial charge in [-0.25, -0.2) is 0 Å². The van der Waals surface area contributed by atoms with Gasteiger partial charge in [-0.2, -0.15) is 0 Å². The van der Waals surface area contributed by atoms with Crippen LogP contribution in [0.4, 0.5) is 0 Å². The van der Waals surface area contributed by atoms with Crippen molar-refractivity contribution in [1.29, 1.82) is 0 Å². The third-order valence-electron chi connectivity index (χ3n) is 3.70. The Kier molecular flexibility index (Phi) is 4.81. The van der Waals surface area contributed by atoms with Crippen molar-refractivity contribution in [2.45, 2.75) is 45.3 Å². The Morgan fingerprint density at radius 3 is 2.78 bits per heavy atom. The first-order chi connectivity index (χ1) is 8.66. The zero-order valence-electron chi connectivity index (χ0n) is 10.9. The molecule has 0 aliphatic heterocycles. The van der Waals surface area contributed by atoms with Crippen molar-refractivity contribution >= 4 is 12.6 Å². The molecule has 3 nitrogen and oxygen atoms in total. The highest BCUT2D eigenvalue weighted by molar-refractivity contribution is 6.59. The second-order valence-electron chi connectivity index (χ2n) is 5.28. The van der Waals surface area contributed by atoms with Crippen molar-refractivity contribution in [3.05, 3.63) is 29.8 Å². The lowest BCUT2D eigenvalue weighted by atomic mass is 9.77. The minimum absolute atomic E-state index is 0.317. The molecule has 1 saturated carbocycles. The molecule has 98 valence electrons. The molecule has 1 aromatic rings. The van der Waals surface area contributed by atoms with Crippen molar-refractivity contribution in [2.75, 3.05) is 0 Å². The van der Waals surface area contributed by atoms with Crippen LogP contribution < -0.4 is 5.46 Å². The Balaban J connectivity index is 1.93. The first-order valence-electron chi connectivity index (χ1n) is 6.72. The van der Waals surface area contributed by atoms with E-state index in [1.54, 1.807) is 12.1 Å². The molecule has 1 aliphatic carbocycles. The summed E-state index contributed by atoms with van der Waals surface area (Å²) in [6, 6.07) is 7.32. The topological polar surface area (TPSA) is 49.7 Å². The van der Waals surface area contributed by atoms with E-state index in [4.69, 9.17) is 4.74 Å². The maximum Gasteiger partial charge on any atom is 0.488 e. The molecule has 1 fully saturated rings. The van der Waals surface area contributed by atoms with E-state index in [1.807, 2.05) is 12.1 Å². The summed E-state index contributed by atoms with van der Waals surface area (Å²) in [4.78, 5) is 0. The SMILES string of the molecule is CC1CCCC(OCc2ccccc2B(O)O)C1. The highest BCUT2D eigenvalue weighted by atomic mass is 16.5. The van der Waals surface area contributed by atoms with Gasteiger partial charge >= 0.3 is 7.12 Å². The molecule has 0 saturated heterocycles. The van der Waals surface area contributed by atoms with Crippen molar-refractivity contribution < 1.29 is 14.8 Å². The van der Waals surface area contributed by atoms with Crippen LogP contribution in [0.15, 0.2) is 24.3 Å². The van der Waals surface area contributed by atoms with Crippen LogP contribution in [-0.4, -0.2) is 23.3 Å². The monoisotopic (exact) mass is 248 g/mol. The summed E-state index contributed by atoms with van der Waals surface area (Å²) >= 11 is 0. The van der Waals surface area contributed by atoms with Crippen molar-refractivity contribution in [3.8, 4) is 0 Å². The average molecular weight is 248 g/mol. The third-order valence-corrected chi connectivity index (χ3v) is 3.70. The summed E-state index contributed by atoms with van der Waals surface area (Å²) in [5.74, 6) is 0.738. The van der Waals surface area contributed by atoms with E-state index >= 15 is 0 Å². The van der Waals surface area contributed by atoms with Crippen LogP contribution in [0.3, 0.4) is 0 Å². The molecule has 2 unspecified atom stereocenters. The molecular formula is C14H21BO3. The van der Waals surface area contributed by atoms with Crippen molar-refractivity contribution in [2.24, 2.45) is 5.92 Å². The van der Waals surface area contributed by atoms with E-state index in [9.17, 15) is 10.0 Å². The fraction of sp³-hybridized carbons (Fsp3) is 0.571. The first kappa shape index (κ1) is 13.6. The van der Waals surface area contributed by atoms with Crippen LogP contribution in [0.5, 0.6) is 0 Å². The van der Waals surface area contributed by atoms with Gasteiger partial charge < -0.3 is 14.8 Å². The summed E-state index contributed by atoms with van der Waals surface area (Å²) < 4.78 is 5.91. The second-order valence-corrected chi connectivity index (χ2v) is 5.28. The molecule has 1 aliphatic rings. The standard InChI is InChI=1S/C14H21BO3/c1-11-5-4-7-13(9-11)18-10-12-6-2-3-8-14(12)15(16)17/h2-3,6,8,11,13,16-17H,4-5,7,9-10H2,1H3. The normalized spacial score (nSPS) is 23.9. The highest BCUT2D eigenvalue weighted by Crippen LogP contribution is 2.26. The fourth-order valence-corrected chi connectivity index (χ4v) is 2.66. The average Bonchev–Trinajstić information content (AvgIpc) is 2.37. The predicted molar refractivity (Wildman–Crippen MR) is 72.5 cm³/mol. The maximum absolute atomic E-state index is 9.28. The summed E-state index contributed by atoms with van der Waals surface area (Å²) in [6.45, 7) is 2.73. The largest absolute Gasteiger partial charge is 0.488 e. The minimum atomic E-state index is -1.42. The Morgan fingerprint density at radius 1 is 1.28 bits per heavy atom. The zero-order valence-corrected chi connectivity index (χ0v) is 10.9. The first-order valence-corrected chi connectivity index (χ1v) is 6.72. The van der Waals surface area contributed by atoms with E-state index in [0.717, 1.165) is 24.3 Å². The van der Waals surface area contributed by atoms with E-state index in [0.29, 0.717) is 18.2 Å². The fourth-order valence-electron chi connectivity index (χ4n) is 2.66. The maximum atomic E-state index is 9.28. The minimum Gasteiger partial charge on any atom is -0.423 e. The molecule has 0 spiro atoms. The third kappa shape index (κ3) is 3.58. The van der Waals surface area contributed by atoms with Gasteiger partial charge in [0.15, 0.2) is 0 Å². The summed E-state index contributed by atoms with van der Waals surface area (Å²) in [7, 11) is -1.42. The van der Waals surface area contributed by atoms with E-state index in [2.05, 4.69) is 6.92 Å². The smallest absolute Gasteiger partial charge is 0.423 e. The lowest BCUT2D eigenvalue weighted by Crippen LogP contribution is -2.33. The second kappa shape index (κ2) is 6.37. The molecule has 0 bridgehead atoms. The van der Waals surface area contributed by atoms with E-state index < -0.39 is 7.12 Å². The van der Waals surface area contributed by atoms with Gasteiger partial charge in [-0.05, 0) is 29.8 Å². The molecule has 2 atom stereocenters. The van der Waals surface area contributed by atoms with Gasteiger partial charge in [-0.1, -0.05) is 44.0 Å². The van der Waals surface area contributed by atoms with Crippen LogP contribution >= 0.6 is 0 Å². The van der Waals surface area contributed by atoms with Gasteiger partial charge in [0.1, 0.15) is 0 Å². The lowest BCUT2D eigenvalue weighted by molar-refractivity contribution is 0.00493. The molecule has 0 amide bonds. The molecule has 2 N–H and O–H groups in total. The predicted octanol–water partition coefficient (Wildman–Crippen LogP) is 1.46. The highest BCUT2D eigenvalue weighted by Gasteiger charge is 2.21. The van der Waals surface area contributed by atoms with Crippen LogP contribution in [0, 0.1) is 5.92 Å². The van der Waals surface area contributed by atoms with Gasteiger partial charge in [0.2, 0.25) is 0 Å². The van der Waals surface area contributed by atoms with Gasteiger partial charge in [-0.15, -0.1) is 0 Å². The van der Waals surface area contributed by atoms with Crippen LogP contribution in [0.25, 0.3) is 0 Å². The molecular weight excluding hydrogens is 227 g/mol. The number of hydrogen-bond acceptors (Lipinski definition) is 3. The molecule has 4 heteroatoms. The molecule has 0 aromatic heterocycles. The van der Waals surface area contributed by atoms with Gasteiger partial charge in [0, 0.05) is 0 Å². The quantitative estimate of drug-likeness (QED) is 0.793. The van der Waals surface area contributed by atoms with Crippen LogP contribution in [0.1, 0.15) is 38.2 Å². The van der Waals surface area contributed by atoms with Gasteiger partial charge in [0.05, 0.1) is 12.7 Å². The molecule has 18 heavy (non-hydrogen) atoms. The number of ether oxygens (including phenoxy) is 1. The van der Waals surface area contributed by atoms with E-state index in [1.165, 1.54) is 12.8 Å². The van der Waals surface area contributed by atoms with Crippen LogP contribution in [0.2, 0.25) is 0 Å². The Hall–Kier alpha value is -0.835. The van der Waals surface area contributed by atoms with E-state index in [-0.39, 0.29) is 0 Å². The van der Waals surface area contributed by atoms with Gasteiger partial charge in [-0.3, -0.25) is 0 Å². The lowest BCUT2D eigenvalue weighted by Gasteiger charge is -2.27. The summed E-state index contributed by atoms with van der Waals surface area (Å²) in [5, 5.41) is 18.6. The molecule has 0 heterocycles. The van der Waals surface area contributed by atoms with Crippen LogP contribution in [-0.2, 0) is 11.3 Å². The Bertz CT molecular complexity index is 381.